The van der Waals surface area contributed by atoms with Crippen LogP contribution in [-0.4, -0.2) is 30.6 Å². The third kappa shape index (κ3) is 3.85. The van der Waals surface area contributed by atoms with Crippen LogP contribution >= 0.6 is 0 Å². The zero-order chi connectivity index (χ0) is 18.5. The van der Waals surface area contributed by atoms with Crippen molar-refractivity contribution < 1.29 is 4.79 Å². The number of carbonyl (C=O) groups excluding carboxylic acids is 1. The Morgan fingerprint density at radius 2 is 1.85 bits per heavy atom. The molecule has 1 aromatic carbocycles. The van der Waals surface area contributed by atoms with Crippen LogP contribution in [0.25, 0.3) is 11.1 Å². The summed E-state index contributed by atoms with van der Waals surface area (Å²) in [5, 5.41) is 7.15. The second-order valence-corrected chi connectivity index (χ2v) is 5.94. The number of hydrogen-bond donors (Lipinski definition) is 2. The molecule has 3 rings (SSSR count). The number of benzene rings is 1. The summed E-state index contributed by atoms with van der Waals surface area (Å²) in [5.41, 5.74) is 7.82. The average molecular weight is 351 g/mol. The summed E-state index contributed by atoms with van der Waals surface area (Å²) in [7, 11) is 0. The van der Waals surface area contributed by atoms with Crippen molar-refractivity contribution >= 4 is 11.9 Å². The Balaban J connectivity index is 1.70. The van der Waals surface area contributed by atoms with Crippen LogP contribution in [0.4, 0.5) is 5.95 Å². The number of anilines is 1. The summed E-state index contributed by atoms with van der Waals surface area (Å²) < 4.78 is 1.81. The normalized spacial score (nSPS) is 11.9. The third-order valence-corrected chi connectivity index (χ3v) is 3.97. The molecule has 0 aliphatic heterocycles. The van der Waals surface area contributed by atoms with E-state index in [0.717, 1.165) is 29.9 Å². The zero-order valence-electron chi connectivity index (χ0n) is 14.8. The van der Waals surface area contributed by atoms with E-state index >= 15 is 0 Å². The van der Waals surface area contributed by atoms with Crippen molar-refractivity contribution in [3.05, 3.63) is 54.4 Å². The lowest BCUT2D eigenvalue weighted by molar-refractivity contribution is 0.0937. The van der Waals surface area contributed by atoms with Gasteiger partial charge >= 0.3 is 0 Å². The average Bonchev–Trinajstić information content (AvgIpc) is 3.11. The molecule has 0 aliphatic carbocycles. The van der Waals surface area contributed by atoms with E-state index in [9.17, 15) is 4.79 Å². The Morgan fingerprint density at radius 1 is 1.15 bits per heavy atom. The summed E-state index contributed by atoms with van der Waals surface area (Å²) in [4.78, 5) is 24.7. The number of amides is 1. The van der Waals surface area contributed by atoms with Gasteiger partial charge in [-0.3, -0.25) is 4.79 Å². The molecule has 1 amide bonds. The molecule has 0 saturated carbocycles. The molecular formula is C18H21N7O. The molecular weight excluding hydrogens is 330 g/mol. The highest BCUT2D eigenvalue weighted by atomic mass is 16.1. The number of aromatic nitrogens is 5. The van der Waals surface area contributed by atoms with Crippen molar-refractivity contribution in [2.45, 2.75) is 32.9 Å². The lowest BCUT2D eigenvalue weighted by atomic mass is 10.1. The fourth-order valence-corrected chi connectivity index (χ4v) is 2.64. The minimum atomic E-state index is -0.235. The van der Waals surface area contributed by atoms with Gasteiger partial charge < -0.3 is 11.1 Å². The van der Waals surface area contributed by atoms with Gasteiger partial charge in [-0.1, -0.05) is 19.1 Å². The SMILES string of the molecule is CCCn1ncnc1C(C)NC(=O)c1ccc(-c2cnc(N)nc2)cc1. The largest absolute Gasteiger partial charge is 0.368 e. The number of nitrogens with zero attached hydrogens (tertiary/aromatic N) is 5. The minimum absolute atomic E-state index is 0.163. The maximum atomic E-state index is 12.5. The van der Waals surface area contributed by atoms with Crippen molar-refractivity contribution in [3.8, 4) is 11.1 Å². The highest BCUT2D eigenvalue weighted by Crippen LogP contribution is 2.19. The summed E-state index contributed by atoms with van der Waals surface area (Å²) >= 11 is 0. The van der Waals surface area contributed by atoms with E-state index in [1.54, 1.807) is 24.5 Å². The monoisotopic (exact) mass is 351 g/mol. The molecule has 0 aliphatic rings. The summed E-state index contributed by atoms with van der Waals surface area (Å²) in [6, 6.07) is 7.01. The Hall–Kier alpha value is -3.29. The molecule has 2 heterocycles. The van der Waals surface area contributed by atoms with E-state index < -0.39 is 0 Å². The van der Waals surface area contributed by atoms with E-state index in [1.807, 2.05) is 23.7 Å². The number of carbonyl (C=O) groups is 1. The van der Waals surface area contributed by atoms with Crippen molar-refractivity contribution in [3.63, 3.8) is 0 Å². The quantitative estimate of drug-likeness (QED) is 0.704. The second kappa shape index (κ2) is 7.73. The standard InChI is InChI=1S/C18H21N7O/c1-3-8-25-16(22-11-23-25)12(2)24-17(26)14-6-4-13(5-7-14)15-9-20-18(19)21-10-15/h4-7,9-12H,3,8H2,1-2H3,(H,24,26)(H2,19,20,21). The smallest absolute Gasteiger partial charge is 0.251 e. The van der Waals surface area contributed by atoms with Crippen molar-refractivity contribution in [1.82, 2.24) is 30.0 Å². The molecule has 8 nitrogen and oxygen atoms in total. The summed E-state index contributed by atoms with van der Waals surface area (Å²) in [5.74, 6) is 0.814. The van der Waals surface area contributed by atoms with Crippen molar-refractivity contribution in [2.24, 2.45) is 0 Å². The zero-order valence-corrected chi connectivity index (χ0v) is 14.8. The van der Waals surface area contributed by atoms with Crippen LogP contribution in [-0.2, 0) is 6.54 Å². The topological polar surface area (TPSA) is 112 Å². The first-order valence-corrected chi connectivity index (χ1v) is 8.45. The van der Waals surface area contributed by atoms with E-state index in [1.165, 1.54) is 6.33 Å². The first kappa shape index (κ1) is 17.5. The minimum Gasteiger partial charge on any atom is -0.368 e. The number of nitrogen functional groups attached to an aromatic ring is 1. The fourth-order valence-electron chi connectivity index (χ4n) is 2.64. The van der Waals surface area contributed by atoms with Crippen LogP contribution in [0.3, 0.4) is 0 Å². The van der Waals surface area contributed by atoms with Crippen molar-refractivity contribution in [1.29, 1.82) is 0 Å². The first-order valence-electron chi connectivity index (χ1n) is 8.45. The highest BCUT2D eigenvalue weighted by Gasteiger charge is 2.16. The maximum absolute atomic E-state index is 12.5. The van der Waals surface area contributed by atoms with Gasteiger partial charge in [-0.15, -0.1) is 0 Å². The van der Waals surface area contributed by atoms with Gasteiger partial charge in [0.05, 0.1) is 6.04 Å². The molecule has 0 fully saturated rings. The van der Waals surface area contributed by atoms with Crippen LogP contribution in [0.5, 0.6) is 0 Å². The molecule has 0 spiro atoms. The summed E-state index contributed by atoms with van der Waals surface area (Å²) in [6.45, 7) is 4.74. The van der Waals surface area contributed by atoms with Gasteiger partial charge in [-0.25, -0.2) is 19.6 Å². The van der Waals surface area contributed by atoms with Gasteiger partial charge in [0.25, 0.3) is 5.91 Å². The van der Waals surface area contributed by atoms with Gasteiger partial charge in [0.15, 0.2) is 0 Å². The molecule has 2 aromatic heterocycles. The number of hydrogen-bond acceptors (Lipinski definition) is 6. The van der Waals surface area contributed by atoms with Gasteiger partial charge in [-0.05, 0) is 31.0 Å². The molecule has 0 saturated heterocycles. The number of aryl methyl sites for hydroxylation is 1. The summed E-state index contributed by atoms with van der Waals surface area (Å²) in [6.07, 6.45) is 5.77. The number of nitrogens with one attached hydrogen (secondary N) is 1. The number of rotatable bonds is 6. The lowest BCUT2D eigenvalue weighted by Crippen LogP contribution is -2.29. The Bertz CT molecular complexity index is 871. The molecule has 0 radical (unpaired) electrons. The Kier molecular flexibility index (Phi) is 5.21. The molecule has 134 valence electrons. The number of nitrogens with two attached hydrogens (primary N) is 1. The Labute approximate surface area is 151 Å². The lowest BCUT2D eigenvalue weighted by Gasteiger charge is -2.14. The van der Waals surface area contributed by atoms with E-state index in [-0.39, 0.29) is 17.9 Å². The van der Waals surface area contributed by atoms with Gasteiger partial charge in [0, 0.05) is 30.1 Å². The third-order valence-electron chi connectivity index (χ3n) is 3.97. The van der Waals surface area contributed by atoms with Gasteiger partial charge in [-0.2, -0.15) is 5.10 Å². The molecule has 26 heavy (non-hydrogen) atoms. The van der Waals surface area contributed by atoms with Crippen LogP contribution < -0.4 is 11.1 Å². The highest BCUT2D eigenvalue weighted by molar-refractivity contribution is 5.94. The van der Waals surface area contributed by atoms with Crippen LogP contribution in [0, 0.1) is 0 Å². The first-order chi connectivity index (χ1) is 12.6. The van der Waals surface area contributed by atoms with Crippen LogP contribution in [0.15, 0.2) is 43.0 Å². The molecule has 1 atom stereocenters. The maximum Gasteiger partial charge on any atom is 0.251 e. The predicted octanol–water partition coefficient (Wildman–Crippen LogP) is 2.22. The van der Waals surface area contributed by atoms with Crippen LogP contribution in [0.1, 0.15) is 42.5 Å². The van der Waals surface area contributed by atoms with Crippen molar-refractivity contribution in [2.75, 3.05) is 5.73 Å². The fraction of sp³-hybridized carbons (Fsp3) is 0.278. The predicted molar refractivity (Wildman–Crippen MR) is 98.1 cm³/mol. The van der Waals surface area contributed by atoms with Gasteiger partial charge in [0.1, 0.15) is 12.2 Å². The van der Waals surface area contributed by atoms with E-state index in [4.69, 9.17) is 5.73 Å². The molecule has 0 bridgehead atoms. The van der Waals surface area contributed by atoms with E-state index in [0.29, 0.717) is 5.56 Å². The van der Waals surface area contributed by atoms with Gasteiger partial charge in [0.2, 0.25) is 5.95 Å². The molecule has 3 aromatic rings. The molecule has 3 N–H and O–H groups in total. The Morgan fingerprint density at radius 3 is 2.50 bits per heavy atom. The molecule has 1 unspecified atom stereocenters. The second-order valence-electron chi connectivity index (χ2n) is 5.94. The molecule has 8 heteroatoms. The van der Waals surface area contributed by atoms with E-state index in [2.05, 4.69) is 32.3 Å². The van der Waals surface area contributed by atoms with Crippen LogP contribution in [0.2, 0.25) is 0 Å².